The van der Waals surface area contributed by atoms with Crippen LogP contribution in [-0.4, -0.2) is 32.2 Å². The minimum absolute atomic E-state index is 0.322. The van der Waals surface area contributed by atoms with Crippen LogP contribution in [0.4, 0.5) is 0 Å². The first-order chi connectivity index (χ1) is 15.7. The number of hydrogen-bond acceptors (Lipinski definition) is 5. The topological polar surface area (TPSA) is 69.4 Å². The summed E-state index contributed by atoms with van der Waals surface area (Å²) in [5, 5.41) is 4.63. The molecule has 32 heavy (non-hydrogen) atoms. The average Bonchev–Trinajstić information content (AvgIpc) is 3.28. The summed E-state index contributed by atoms with van der Waals surface area (Å²) in [6.45, 7) is 2.15. The molecule has 0 aliphatic heterocycles. The molecule has 0 spiro atoms. The van der Waals surface area contributed by atoms with E-state index in [4.69, 9.17) is 4.74 Å². The van der Waals surface area contributed by atoms with Gasteiger partial charge in [0.15, 0.2) is 5.65 Å². The van der Waals surface area contributed by atoms with Gasteiger partial charge in [0.25, 0.3) is 0 Å². The lowest BCUT2D eigenvalue weighted by atomic mass is 10.1. The number of aromatic nitrogens is 4. The van der Waals surface area contributed by atoms with Crippen molar-refractivity contribution >= 4 is 11.6 Å². The van der Waals surface area contributed by atoms with Crippen molar-refractivity contribution in [2.45, 2.75) is 6.92 Å². The minimum Gasteiger partial charge on any atom is -0.462 e. The fourth-order valence-electron chi connectivity index (χ4n) is 3.60. The van der Waals surface area contributed by atoms with Crippen LogP contribution in [0.2, 0.25) is 0 Å². The van der Waals surface area contributed by atoms with E-state index in [2.05, 4.69) is 15.1 Å². The van der Waals surface area contributed by atoms with Gasteiger partial charge in [-0.3, -0.25) is 4.98 Å². The molecule has 0 amide bonds. The van der Waals surface area contributed by atoms with Gasteiger partial charge in [0.2, 0.25) is 0 Å². The summed E-state index contributed by atoms with van der Waals surface area (Å²) < 4.78 is 6.86. The molecule has 0 bridgehead atoms. The Morgan fingerprint density at radius 3 is 2.44 bits per heavy atom. The fraction of sp³-hybridized carbons (Fsp3) is 0.0769. The normalized spacial score (nSPS) is 10.9. The lowest BCUT2D eigenvalue weighted by Crippen LogP contribution is -2.04. The Hall–Kier alpha value is -4.32. The summed E-state index contributed by atoms with van der Waals surface area (Å²) in [6, 6.07) is 23.3. The van der Waals surface area contributed by atoms with Gasteiger partial charge in [0, 0.05) is 22.9 Å². The standard InChI is InChI=1S/C26H20N4O2/c1-2-32-26(31)20-10-8-18(9-11-20)22-15-25-28-17-24(30(25)29-16-22)21-12-13-27-23(14-21)19-6-4-3-5-7-19/h3-17H,2H2,1H3. The van der Waals surface area contributed by atoms with Crippen molar-refractivity contribution in [3.8, 4) is 33.6 Å². The fourth-order valence-corrected chi connectivity index (χ4v) is 3.60. The molecule has 0 saturated heterocycles. The van der Waals surface area contributed by atoms with Crippen molar-refractivity contribution in [2.24, 2.45) is 0 Å². The van der Waals surface area contributed by atoms with E-state index in [1.807, 2.05) is 71.4 Å². The van der Waals surface area contributed by atoms with Gasteiger partial charge in [-0.1, -0.05) is 42.5 Å². The minimum atomic E-state index is -0.322. The van der Waals surface area contributed by atoms with E-state index in [9.17, 15) is 4.79 Å². The molecular formula is C26H20N4O2. The first-order valence-electron chi connectivity index (χ1n) is 10.4. The average molecular weight is 420 g/mol. The molecule has 6 heteroatoms. The van der Waals surface area contributed by atoms with Crippen molar-refractivity contribution in [1.29, 1.82) is 0 Å². The summed E-state index contributed by atoms with van der Waals surface area (Å²) in [5.41, 5.74) is 6.98. The van der Waals surface area contributed by atoms with Crippen molar-refractivity contribution in [3.63, 3.8) is 0 Å². The number of hydrogen-bond donors (Lipinski definition) is 0. The zero-order valence-electron chi connectivity index (χ0n) is 17.5. The zero-order valence-corrected chi connectivity index (χ0v) is 17.5. The van der Waals surface area contributed by atoms with Crippen molar-refractivity contribution < 1.29 is 9.53 Å². The third-order valence-corrected chi connectivity index (χ3v) is 5.22. The van der Waals surface area contributed by atoms with E-state index >= 15 is 0 Å². The van der Waals surface area contributed by atoms with Gasteiger partial charge >= 0.3 is 5.97 Å². The first-order valence-corrected chi connectivity index (χ1v) is 10.4. The Balaban J connectivity index is 1.47. The lowest BCUT2D eigenvalue weighted by molar-refractivity contribution is 0.0526. The Bertz CT molecular complexity index is 1390. The monoisotopic (exact) mass is 420 g/mol. The Kier molecular flexibility index (Phi) is 5.17. The number of carbonyl (C=O) groups is 1. The molecule has 0 radical (unpaired) electrons. The molecule has 6 nitrogen and oxygen atoms in total. The Morgan fingerprint density at radius 1 is 0.844 bits per heavy atom. The highest BCUT2D eigenvalue weighted by molar-refractivity contribution is 5.90. The second-order valence-corrected chi connectivity index (χ2v) is 7.25. The predicted octanol–water partition coefficient (Wildman–Crippen LogP) is 5.30. The molecule has 3 aromatic heterocycles. The van der Waals surface area contributed by atoms with Gasteiger partial charge in [-0.25, -0.2) is 14.3 Å². The largest absolute Gasteiger partial charge is 0.462 e. The van der Waals surface area contributed by atoms with Gasteiger partial charge in [-0.2, -0.15) is 5.10 Å². The number of fused-ring (bicyclic) bond motifs is 1. The van der Waals surface area contributed by atoms with Gasteiger partial charge in [0.05, 0.1) is 36.0 Å². The molecule has 0 atom stereocenters. The highest BCUT2D eigenvalue weighted by Gasteiger charge is 2.11. The third-order valence-electron chi connectivity index (χ3n) is 5.22. The maximum absolute atomic E-state index is 11.9. The number of pyridine rings is 1. The Labute approximate surface area is 185 Å². The number of rotatable bonds is 5. The number of esters is 1. The van der Waals surface area contributed by atoms with Crippen molar-refractivity contribution in [1.82, 2.24) is 19.6 Å². The number of nitrogens with zero attached hydrogens (tertiary/aromatic N) is 4. The van der Waals surface area contributed by atoms with Gasteiger partial charge in [0.1, 0.15) is 0 Å². The molecule has 0 fully saturated rings. The zero-order chi connectivity index (χ0) is 21.9. The summed E-state index contributed by atoms with van der Waals surface area (Å²) in [6.07, 6.45) is 5.42. The molecule has 5 rings (SSSR count). The molecule has 3 heterocycles. The lowest BCUT2D eigenvalue weighted by Gasteiger charge is -2.07. The van der Waals surface area contributed by atoms with Crippen LogP contribution in [0.25, 0.3) is 39.3 Å². The second-order valence-electron chi connectivity index (χ2n) is 7.25. The van der Waals surface area contributed by atoms with Crippen LogP contribution in [0.1, 0.15) is 17.3 Å². The summed E-state index contributed by atoms with van der Waals surface area (Å²) in [5.74, 6) is -0.322. The van der Waals surface area contributed by atoms with Crippen LogP contribution in [0.3, 0.4) is 0 Å². The number of benzene rings is 2. The summed E-state index contributed by atoms with van der Waals surface area (Å²) >= 11 is 0. The van der Waals surface area contributed by atoms with Crippen molar-refractivity contribution in [2.75, 3.05) is 6.61 Å². The molecule has 0 unspecified atom stereocenters. The Morgan fingerprint density at radius 2 is 1.66 bits per heavy atom. The molecule has 0 N–H and O–H groups in total. The maximum Gasteiger partial charge on any atom is 0.338 e. The van der Waals surface area contributed by atoms with Crippen LogP contribution in [0.5, 0.6) is 0 Å². The van der Waals surface area contributed by atoms with Crippen LogP contribution in [-0.2, 0) is 4.74 Å². The van der Waals surface area contributed by atoms with Crippen LogP contribution in [0, 0.1) is 0 Å². The van der Waals surface area contributed by atoms with Crippen molar-refractivity contribution in [3.05, 3.63) is 97.0 Å². The predicted molar refractivity (Wildman–Crippen MR) is 123 cm³/mol. The van der Waals surface area contributed by atoms with E-state index in [1.54, 1.807) is 31.5 Å². The molecule has 0 aliphatic carbocycles. The van der Waals surface area contributed by atoms with E-state index in [0.29, 0.717) is 12.2 Å². The van der Waals surface area contributed by atoms with Crippen LogP contribution >= 0.6 is 0 Å². The number of imidazole rings is 1. The van der Waals surface area contributed by atoms with E-state index in [-0.39, 0.29) is 5.97 Å². The summed E-state index contributed by atoms with van der Waals surface area (Å²) in [4.78, 5) is 20.9. The molecule has 0 saturated carbocycles. The summed E-state index contributed by atoms with van der Waals surface area (Å²) in [7, 11) is 0. The van der Waals surface area contributed by atoms with E-state index < -0.39 is 0 Å². The molecule has 0 aliphatic rings. The third kappa shape index (κ3) is 3.74. The SMILES string of the molecule is CCOC(=O)c1ccc(-c2cnn3c(-c4ccnc(-c5ccccc5)c4)cnc3c2)cc1. The number of ether oxygens (including phenoxy) is 1. The van der Waals surface area contributed by atoms with Crippen LogP contribution in [0.15, 0.2) is 91.4 Å². The molecule has 5 aromatic rings. The molecule has 156 valence electrons. The first kappa shape index (κ1) is 19.6. The highest BCUT2D eigenvalue weighted by Crippen LogP contribution is 2.27. The van der Waals surface area contributed by atoms with E-state index in [1.165, 1.54) is 0 Å². The highest BCUT2D eigenvalue weighted by atomic mass is 16.5. The van der Waals surface area contributed by atoms with Gasteiger partial charge in [-0.05, 0) is 42.8 Å². The molecule has 2 aromatic carbocycles. The van der Waals surface area contributed by atoms with Gasteiger partial charge in [-0.15, -0.1) is 0 Å². The number of carbonyl (C=O) groups excluding carboxylic acids is 1. The van der Waals surface area contributed by atoms with Gasteiger partial charge < -0.3 is 4.74 Å². The van der Waals surface area contributed by atoms with Crippen LogP contribution < -0.4 is 0 Å². The quantitative estimate of drug-likeness (QED) is 0.361. The second kappa shape index (κ2) is 8.43. The molecular weight excluding hydrogens is 400 g/mol. The van der Waals surface area contributed by atoms with E-state index in [0.717, 1.165) is 39.3 Å². The maximum atomic E-state index is 11.9. The smallest absolute Gasteiger partial charge is 0.338 e.